The molecule has 1 heteroatoms. The minimum atomic E-state index is -0.0908. The van der Waals surface area contributed by atoms with E-state index in [2.05, 4.69) is 25.7 Å². The maximum atomic E-state index is 14.1. The van der Waals surface area contributed by atoms with E-state index in [1.807, 2.05) is 12.1 Å². The molecule has 0 aliphatic heterocycles. The van der Waals surface area contributed by atoms with Gasteiger partial charge in [0.1, 0.15) is 5.82 Å². The number of hydrogen-bond acceptors (Lipinski definition) is 0. The minimum Gasteiger partial charge on any atom is -0.207 e. The number of benzene rings is 1. The Kier molecular flexibility index (Phi) is 8.44. The number of hydrogen-bond donors (Lipinski definition) is 0. The largest absolute Gasteiger partial charge is 0.207 e. The van der Waals surface area contributed by atoms with Crippen molar-refractivity contribution in [3.8, 4) is 11.8 Å². The maximum absolute atomic E-state index is 14.1. The van der Waals surface area contributed by atoms with Gasteiger partial charge in [0.15, 0.2) is 0 Å². The summed E-state index contributed by atoms with van der Waals surface area (Å²) in [4.78, 5) is 0. The van der Waals surface area contributed by atoms with Crippen molar-refractivity contribution in [2.24, 2.45) is 23.7 Å². The molecule has 2 saturated carbocycles. The zero-order valence-corrected chi connectivity index (χ0v) is 18.1. The van der Waals surface area contributed by atoms with Crippen LogP contribution in [0.5, 0.6) is 0 Å². The fourth-order valence-corrected chi connectivity index (χ4v) is 5.46. The van der Waals surface area contributed by atoms with Gasteiger partial charge in [0.05, 0.1) is 0 Å². The summed E-state index contributed by atoms with van der Waals surface area (Å²) >= 11 is 0. The Morgan fingerprint density at radius 1 is 0.893 bits per heavy atom. The van der Waals surface area contributed by atoms with Crippen molar-refractivity contribution in [1.82, 2.24) is 0 Å². The van der Waals surface area contributed by atoms with Crippen molar-refractivity contribution in [3.05, 3.63) is 35.1 Å². The van der Waals surface area contributed by atoms with Gasteiger partial charge in [-0.3, -0.25) is 0 Å². The molecule has 154 valence electrons. The van der Waals surface area contributed by atoms with Crippen molar-refractivity contribution < 1.29 is 4.39 Å². The molecule has 0 saturated heterocycles. The summed E-state index contributed by atoms with van der Waals surface area (Å²) in [6, 6.07) is 5.53. The average Bonchev–Trinajstić information content (AvgIpc) is 2.73. The summed E-state index contributed by atoms with van der Waals surface area (Å²) < 4.78 is 14.1. The summed E-state index contributed by atoms with van der Waals surface area (Å²) in [6.07, 6.45) is 17.1. The van der Waals surface area contributed by atoms with Gasteiger partial charge in [0, 0.05) is 11.5 Å². The first kappa shape index (κ1) is 21.4. The maximum Gasteiger partial charge on any atom is 0.127 e. The first-order chi connectivity index (χ1) is 13.7. The molecule has 2 fully saturated rings. The number of unbranched alkanes of at least 4 members (excludes halogenated alkanes) is 1. The third kappa shape index (κ3) is 6.10. The summed E-state index contributed by atoms with van der Waals surface area (Å²) in [5.74, 6) is 10.1. The molecule has 3 rings (SSSR count). The smallest absolute Gasteiger partial charge is 0.127 e. The highest BCUT2D eigenvalue weighted by Gasteiger charge is 2.30. The van der Waals surface area contributed by atoms with E-state index in [0.717, 1.165) is 41.7 Å². The molecule has 0 N–H and O–H groups in total. The molecule has 0 spiro atoms. The van der Waals surface area contributed by atoms with E-state index in [1.165, 1.54) is 70.6 Å². The van der Waals surface area contributed by atoms with Crippen molar-refractivity contribution in [2.45, 2.75) is 97.3 Å². The standard InChI is InChI=1S/C27H39F/c1-3-5-7-21-10-15-24(16-11-21)25-17-12-22(13-18-25)8-9-23-14-19-26(6-4-2)27(28)20-23/h14,19-22,24-25H,3-7,10-13,15-18H2,1-2H3/t21-,22?,24-,25?. The van der Waals surface area contributed by atoms with Crippen LogP contribution < -0.4 is 0 Å². The molecule has 0 radical (unpaired) electrons. The van der Waals surface area contributed by atoms with Gasteiger partial charge in [-0.2, -0.15) is 0 Å². The average molecular weight is 383 g/mol. The SMILES string of the molecule is CCCC[C@H]1CC[C@H](C2CCC(C#Cc3ccc(CCC)c(F)c3)CC2)CC1. The van der Waals surface area contributed by atoms with Crippen LogP contribution in [-0.2, 0) is 6.42 Å². The summed E-state index contributed by atoms with van der Waals surface area (Å²) in [5.41, 5.74) is 1.66. The van der Waals surface area contributed by atoms with Crippen LogP contribution in [-0.4, -0.2) is 0 Å². The summed E-state index contributed by atoms with van der Waals surface area (Å²) in [5, 5.41) is 0. The molecule has 28 heavy (non-hydrogen) atoms. The topological polar surface area (TPSA) is 0 Å². The molecular weight excluding hydrogens is 343 g/mol. The van der Waals surface area contributed by atoms with Crippen LogP contribution in [0.15, 0.2) is 18.2 Å². The van der Waals surface area contributed by atoms with Gasteiger partial charge in [0.25, 0.3) is 0 Å². The van der Waals surface area contributed by atoms with Crippen LogP contribution in [0.4, 0.5) is 4.39 Å². The van der Waals surface area contributed by atoms with Gasteiger partial charge in [0.2, 0.25) is 0 Å². The highest BCUT2D eigenvalue weighted by Crippen LogP contribution is 2.42. The lowest BCUT2D eigenvalue weighted by Gasteiger charge is -2.37. The first-order valence-electron chi connectivity index (χ1n) is 12.0. The third-order valence-electron chi connectivity index (χ3n) is 7.29. The van der Waals surface area contributed by atoms with Crippen LogP contribution in [0.3, 0.4) is 0 Å². The number of aryl methyl sites for hydroxylation is 1. The first-order valence-corrected chi connectivity index (χ1v) is 12.0. The molecule has 1 aromatic carbocycles. The Morgan fingerprint density at radius 2 is 1.57 bits per heavy atom. The molecule has 2 aliphatic rings. The monoisotopic (exact) mass is 382 g/mol. The fraction of sp³-hybridized carbons (Fsp3) is 0.704. The van der Waals surface area contributed by atoms with Gasteiger partial charge >= 0.3 is 0 Å². The van der Waals surface area contributed by atoms with E-state index >= 15 is 0 Å². The second-order valence-corrected chi connectivity index (χ2v) is 9.36. The van der Waals surface area contributed by atoms with Crippen molar-refractivity contribution in [3.63, 3.8) is 0 Å². The van der Waals surface area contributed by atoms with Gasteiger partial charge in [-0.15, -0.1) is 0 Å². The zero-order valence-electron chi connectivity index (χ0n) is 18.1. The molecule has 0 heterocycles. The third-order valence-corrected chi connectivity index (χ3v) is 7.29. The summed E-state index contributed by atoms with van der Waals surface area (Å²) in [6.45, 7) is 4.40. The predicted molar refractivity (Wildman–Crippen MR) is 118 cm³/mol. The molecule has 0 bridgehead atoms. The van der Waals surface area contributed by atoms with Gasteiger partial charge in [-0.25, -0.2) is 4.39 Å². The lowest BCUT2D eigenvalue weighted by atomic mass is 9.69. The van der Waals surface area contributed by atoms with E-state index in [-0.39, 0.29) is 5.82 Å². The highest BCUT2D eigenvalue weighted by atomic mass is 19.1. The van der Waals surface area contributed by atoms with Crippen molar-refractivity contribution in [2.75, 3.05) is 0 Å². The highest BCUT2D eigenvalue weighted by molar-refractivity contribution is 5.37. The van der Waals surface area contributed by atoms with Gasteiger partial charge in [-0.05, 0) is 80.4 Å². The van der Waals surface area contributed by atoms with Crippen LogP contribution in [0.2, 0.25) is 0 Å². The van der Waals surface area contributed by atoms with Gasteiger partial charge < -0.3 is 0 Å². The van der Waals surface area contributed by atoms with E-state index in [9.17, 15) is 4.39 Å². The second kappa shape index (κ2) is 11.0. The van der Waals surface area contributed by atoms with E-state index < -0.39 is 0 Å². The van der Waals surface area contributed by atoms with E-state index in [0.29, 0.717) is 5.92 Å². The van der Waals surface area contributed by atoms with Crippen molar-refractivity contribution in [1.29, 1.82) is 0 Å². The number of rotatable bonds is 6. The molecule has 1 aromatic rings. The molecule has 0 atom stereocenters. The molecule has 2 aliphatic carbocycles. The van der Waals surface area contributed by atoms with Gasteiger partial charge in [-0.1, -0.05) is 70.3 Å². The molecule has 0 unspecified atom stereocenters. The summed E-state index contributed by atoms with van der Waals surface area (Å²) in [7, 11) is 0. The Morgan fingerprint density at radius 3 is 2.18 bits per heavy atom. The molecule has 0 amide bonds. The van der Waals surface area contributed by atoms with Crippen LogP contribution in [0.25, 0.3) is 0 Å². The minimum absolute atomic E-state index is 0.0908. The predicted octanol–water partition coefficient (Wildman–Crippen LogP) is 7.93. The number of halogens is 1. The van der Waals surface area contributed by atoms with E-state index in [1.54, 1.807) is 6.07 Å². The van der Waals surface area contributed by atoms with Crippen LogP contribution in [0.1, 0.15) is 102 Å². The lowest BCUT2D eigenvalue weighted by molar-refractivity contribution is 0.153. The Labute approximate surface area is 172 Å². The molecular formula is C27H39F. The van der Waals surface area contributed by atoms with Crippen LogP contribution >= 0.6 is 0 Å². The Hall–Kier alpha value is -1.29. The zero-order chi connectivity index (χ0) is 19.8. The molecule has 0 nitrogen and oxygen atoms in total. The van der Waals surface area contributed by atoms with Crippen molar-refractivity contribution >= 4 is 0 Å². The lowest BCUT2D eigenvalue weighted by Crippen LogP contribution is -2.25. The Balaban J connectivity index is 1.44. The Bertz CT molecular complexity index is 649. The second-order valence-electron chi connectivity index (χ2n) is 9.36. The van der Waals surface area contributed by atoms with Crippen LogP contribution in [0, 0.1) is 41.3 Å². The molecule has 0 aromatic heterocycles. The van der Waals surface area contributed by atoms with E-state index in [4.69, 9.17) is 0 Å². The normalized spacial score (nSPS) is 27.8. The fourth-order valence-electron chi connectivity index (χ4n) is 5.46. The quantitative estimate of drug-likeness (QED) is 0.438.